The molecule has 4 heteroatoms. The molecule has 0 aliphatic heterocycles. The zero-order valence-electron chi connectivity index (χ0n) is 12.5. The highest BCUT2D eigenvalue weighted by Crippen LogP contribution is 2.21. The normalized spacial score (nSPS) is 10.6. The lowest BCUT2D eigenvalue weighted by Crippen LogP contribution is -2.08. The van der Waals surface area contributed by atoms with Crippen molar-refractivity contribution in [2.24, 2.45) is 0 Å². The van der Waals surface area contributed by atoms with Gasteiger partial charge in [0.1, 0.15) is 5.75 Å². The molecule has 1 aromatic carbocycles. The first-order chi connectivity index (χ1) is 10.5. The molecule has 0 spiro atoms. The van der Waals surface area contributed by atoms with Crippen LogP contribution in [-0.2, 0) is 0 Å². The van der Waals surface area contributed by atoms with Gasteiger partial charge in [-0.1, -0.05) is 6.58 Å². The summed E-state index contributed by atoms with van der Waals surface area (Å²) in [6.45, 7) is 7.77. The molecule has 0 fully saturated rings. The summed E-state index contributed by atoms with van der Waals surface area (Å²) < 4.78 is 7.34. The third-order valence-corrected chi connectivity index (χ3v) is 3.40. The summed E-state index contributed by atoms with van der Waals surface area (Å²) in [5.74, 6) is 0.0574. The number of allylic oxidation sites excluding steroid dienone is 1. The van der Waals surface area contributed by atoms with Crippen LogP contribution in [0.25, 0.3) is 16.6 Å². The van der Waals surface area contributed by atoms with Gasteiger partial charge in [0.05, 0.1) is 17.3 Å². The number of carbonyl (C=O) groups excluding carboxylic acids is 1. The quantitative estimate of drug-likeness (QED) is 0.684. The Hall–Kier alpha value is -2.88. The Labute approximate surface area is 128 Å². The zero-order valence-corrected chi connectivity index (χ0v) is 12.5. The van der Waals surface area contributed by atoms with Crippen molar-refractivity contribution in [2.75, 3.05) is 0 Å². The fourth-order valence-corrected chi connectivity index (χ4v) is 2.35. The van der Waals surface area contributed by atoms with Crippen LogP contribution in [0.15, 0.2) is 55.5 Å². The Morgan fingerprint density at radius 3 is 2.77 bits per heavy atom. The molecule has 0 saturated carbocycles. The van der Waals surface area contributed by atoms with Gasteiger partial charge in [0, 0.05) is 23.5 Å². The highest BCUT2D eigenvalue weighted by molar-refractivity contribution is 5.96. The number of hydrogen-bond acceptors (Lipinski definition) is 3. The summed E-state index contributed by atoms with van der Waals surface area (Å²) in [5, 5.41) is 0.972. The van der Waals surface area contributed by atoms with E-state index in [-0.39, 0.29) is 0 Å². The predicted octanol–water partition coefficient (Wildman–Crippen LogP) is 4.05. The Morgan fingerprint density at radius 2 is 2.05 bits per heavy atom. The fourth-order valence-electron chi connectivity index (χ4n) is 2.35. The van der Waals surface area contributed by atoms with Gasteiger partial charge in [0.15, 0.2) is 0 Å². The number of aryl methyl sites for hydroxylation is 1. The van der Waals surface area contributed by atoms with Crippen molar-refractivity contribution in [2.45, 2.75) is 13.8 Å². The first-order valence-corrected chi connectivity index (χ1v) is 6.95. The minimum atomic E-state index is -0.391. The Morgan fingerprint density at radius 1 is 1.23 bits per heavy atom. The lowest BCUT2D eigenvalue weighted by atomic mass is 10.1. The Balaban J connectivity index is 1.90. The van der Waals surface area contributed by atoms with Gasteiger partial charge >= 0.3 is 5.97 Å². The highest BCUT2D eigenvalue weighted by atomic mass is 16.5. The van der Waals surface area contributed by atoms with Crippen LogP contribution in [0.2, 0.25) is 0 Å². The number of carbonyl (C=O) groups is 1. The second-order valence-electron chi connectivity index (χ2n) is 5.28. The van der Waals surface area contributed by atoms with Gasteiger partial charge in [-0.05, 0) is 49.7 Å². The number of esters is 1. The molecule has 22 heavy (non-hydrogen) atoms. The predicted molar refractivity (Wildman–Crippen MR) is 86.9 cm³/mol. The fraction of sp³-hybridized carbons (Fsp3) is 0.111. The smallest absolute Gasteiger partial charge is 0.343 e. The highest BCUT2D eigenvalue weighted by Gasteiger charge is 2.11. The van der Waals surface area contributed by atoms with Gasteiger partial charge < -0.3 is 9.30 Å². The average molecular weight is 292 g/mol. The van der Waals surface area contributed by atoms with E-state index in [0.717, 1.165) is 22.2 Å². The van der Waals surface area contributed by atoms with Crippen molar-refractivity contribution in [3.63, 3.8) is 0 Å². The third-order valence-electron chi connectivity index (χ3n) is 3.40. The molecule has 0 atom stereocenters. The number of nitrogens with zero attached hydrogens (tertiary/aromatic N) is 2. The number of fused-ring (bicyclic) bond motifs is 1. The summed E-state index contributed by atoms with van der Waals surface area (Å²) in [7, 11) is 0. The van der Waals surface area contributed by atoms with Crippen molar-refractivity contribution >= 4 is 22.6 Å². The standard InChI is InChI=1S/C18H16N2O2/c1-12(2)20-7-6-14-9-15(4-5-17(14)20)18(21)22-16-8-13(3)10-19-11-16/h4-11H,1H2,2-3H3. The van der Waals surface area contributed by atoms with E-state index >= 15 is 0 Å². The van der Waals surface area contributed by atoms with E-state index in [1.807, 2.05) is 42.8 Å². The molecule has 3 rings (SSSR count). The number of pyridine rings is 1. The summed E-state index contributed by atoms with van der Waals surface area (Å²) in [6, 6.07) is 9.21. The molecule has 0 aliphatic rings. The lowest BCUT2D eigenvalue weighted by Gasteiger charge is -2.06. The van der Waals surface area contributed by atoms with E-state index in [0.29, 0.717) is 11.3 Å². The number of hydrogen-bond donors (Lipinski definition) is 0. The van der Waals surface area contributed by atoms with E-state index in [9.17, 15) is 4.79 Å². The Bertz CT molecular complexity index is 878. The van der Waals surface area contributed by atoms with E-state index in [4.69, 9.17) is 4.74 Å². The molecule has 0 saturated heterocycles. The monoisotopic (exact) mass is 292 g/mol. The van der Waals surface area contributed by atoms with Crippen LogP contribution >= 0.6 is 0 Å². The molecule has 4 nitrogen and oxygen atoms in total. The lowest BCUT2D eigenvalue weighted by molar-refractivity contribution is 0.0734. The second-order valence-corrected chi connectivity index (χ2v) is 5.28. The number of aromatic nitrogens is 2. The summed E-state index contributed by atoms with van der Waals surface area (Å²) in [4.78, 5) is 16.2. The van der Waals surface area contributed by atoms with Gasteiger partial charge in [0.2, 0.25) is 0 Å². The maximum atomic E-state index is 12.2. The molecule has 3 aromatic rings. The SMILES string of the molecule is C=C(C)n1ccc2cc(C(=O)Oc3cncc(C)c3)ccc21. The van der Waals surface area contributed by atoms with Crippen LogP contribution in [0.1, 0.15) is 22.8 Å². The van der Waals surface area contributed by atoms with Gasteiger partial charge in [-0.15, -0.1) is 0 Å². The van der Waals surface area contributed by atoms with Crippen LogP contribution in [0.3, 0.4) is 0 Å². The summed E-state index contributed by atoms with van der Waals surface area (Å²) in [5.41, 5.74) is 3.39. The molecule has 0 N–H and O–H groups in total. The topological polar surface area (TPSA) is 44.1 Å². The van der Waals surface area contributed by atoms with Crippen LogP contribution in [0.5, 0.6) is 5.75 Å². The van der Waals surface area contributed by atoms with Crippen molar-refractivity contribution in [1.29, 1.82) is 0 Å². The average Bonchev–Trinajstić information content (AvgIpc) is 2.90. The van der Waals surface area contributed by atoms with Crippen LogP contribution in [0, 0.1) is 6.92 Å². The third kappa shape index (κ3) is 2.63. The van der Waals surface area contributed by atoms with Crippen molar-refractivity contribution in [3.8, 4) is 5.75 Å². The van der Waals surface area contributed by atoms with Crippen LogP contribution in [-0.4, -0.2) is 15.5 Å². The first kappa shape index (κ1) is 14.1. The maximum Gasteiger partial charge on any atom is 0.343 e. The van der Waals surface area contributed by atoms with E-state index in [1.54, 1.807) is 18.3 Å². The van der Waals surface area contributed by atoms with Gasteiger partial charge in [0.25, 0.3) is 0 Å². The minimum absolute atomic E-state index is 0.391. The van der Waals surface area contributed by atoms with E-state index in [1.165, 1.54) is 6.20 Å². The molecule has 0 aliphatic carbocycles. The van der Waals surface area contributed by atoms with Crippen LogP contribution in [0.4, 0.5) is 0 Å². The minimum Gasteiger partial charge on any atom is -0.421 e. The van der Waals surface area contributed by atoms with Gasteiger partial charge in [-0.25, -0.2) is 4.79 Å². The van der Waals surface area contributed by atoms with Crippen molar-refractivity contribution < 1.29 is 9.53 Å². The second kappa shape index (κ2) is 5.48. The van der Waals surface area contributed by atoms with E-state index in [2.05, 4.69) is 11.6 Å². The molecule has 0 radical (unpaired) electrons. The largest absolute Gasteiger partial charge is 0.421 e. The van der Waals surface area contributed by atoms with E-state index < -0.39 is 5.97 Å². The molecule has 2 heterocycles. The zero-order chi connectivity index (χ0) is 15.7. The summed E-state index contributed by atoms with van der Waals surface area (Å²) in [6.07, 6.45) is 5.18. The van der Waals surface area contributed by atoms with Gasteiger partial charge in [-0.2, -0.15) is 0 Å². The summed E-state index contributed by atoms with van der Waals surface area (Å²) >= 11 is 0. The molecule has 0 bridgehead atoms. The molecule has 110 valence electrons. The number of ether oxygens (including phenoxy) is 1. The van der Waals surface area contributed by atoms with Gasteiger partial charge in [-0.3, -0.25) is 4.98 Å². The van der Waals surface area contributed by atoms with Crippen molar-refractivity contribution in [1.82, 2.24) is 9.55 Å². The Kier molecular flexibility index (Phi) is 3.51. The van der Waals surface area contributed by atoms with Crippen LogP contribution < -0.4 is 4.74 Å². The molecule has 2 aromatic heterocycles. The molecular formula is C18H16N2O2. The maximum absolute atomic E-state index is 12.2. The molecule has 0 unspecified atom stereocenters. The number of rotatable bonds is 3. The molecular weight excluding hydrogens is 276 g/mol. The van der Waals surface area contributed by atoms with Crippen molar-refractivity contribution in [3.05, 3.63) is 66.6 Å². The number of benzene rings is 1. The molecule has 0 amide bonds. The first-order valence-electron chi connectivity index (χ1n) is 6.95.